The fraction of sp³-hybridized carbons (Fsp3) is 0.581. The highest BCUT2D eigenvalue weighted by Crippen LogP contribution is 2.54. The SMILES string of the molecule is CCc1nc([C@@H]2CC[C@@H](C)[C@@]3(O)[C@H]2C=C(C)[C@@H](OC(C)=O)[C@@H]3OC(=O)[C@@H]2C[C@@]3(O)c4cccc(Cl)c4N(C)O[C@H]3N2)cs1. The zero-order chi connectivity index (χ0) is 30.8. The molecule has 4 aliphatic rings. The minimum absolute atomic E-state index is 0.0455. The van der Waals surface area contributed by atoms with E-state index in [1.165, 1.54) is 12.0 Å². The molecule has 6 rings (SSSR count). The van der Waals surface area contributed by atoms with Crippen molar-refractivity contribution in [3.05, 3.63) is 56.5 Å². The van der Waals surface area contributed by atoms with Crippen LogP contribution in [0.1, 0.15) is 69.1 Å². The van der Waals surface area contributed by atoms with E-state index in [1.54, 1.807) is 36.6 Å². The number of nitrogens with one attached hydrogen (secondary N) is 1. The van der Waals surface area contributed by atoms with Gasteiger partial charge < -0.3 is 19.7 Å². The highest BCUT2D eigenvalue weighted by molar-refractivity contribution is 7.09. The number of anilines is 1. The average Bonchev–Trinajstić information content (AvgIpc) is 3.57. The third-order valence-electron chi connectivity index (χ3n) is 9.70. The summed E-state index contributed by atoms with van der Waals surface area (Å²) >= 11 is 8.03. The van der Waals surface area contributed by atoms with Crippen LogP contribution in [0.5, 0.6) is 0 Å². The fourth-order valence-electron chi connectivity index (χ4n) is 7.47. The number of fused-ring (bicyclic) bond motifs is 4. The molecule has 10 nitrogen and oxygen atoms in total. The molecule has 2 aromatic rings. The molecule has 0 amide bonds. The number of rotatable bonds is 5. The monoisotopic (exact) mass is 631 g/mol. The lowest BCUT2D eigenvalue weighted by Crippen LogP contribution is -2.65. The van der Waals surface area contributed by atoms with Gasteiger partial charge in [-0.3, -0.25) is 24.8 Å². The van der Waals surface area contributed by atoms with E-state index in [9.17, 15) is 19.8 Å². The summed E-state index contributed by atoms with van der Waals surface area (Å²) in [6, 6.07) is 4.23. The number of aromatic nitrogens is 1. The lowest BCUT2D eigenvalue weighted by Gasteiger charge is -2.54. The maximum atomic E-state index is 13.9. The lowest BCUT2D eigenvalue weighted by molar-refractivity contribution is -0.219. The molecule has 0 spiro atoms. The second-order valence-electron chi connectivity index (χ2n) is 12.3. The smallest absolute Gasteiger partial charge is 0.323 e. The average molecular weight is 632 g/mol. The second kappa shape index (κ2) is 11.1. The van der Waals surface area contributed by atoms with Crippen molar-refractivity contribution in [3.63, 3.8) is 0 Å². The van der Waals surface area contributed by atoms with Gasteiger partial charge in [-0.25, -0.2) is 4.98 Å². The number of para-hydroxylation sites is 1. The third-order valence-corrected chi connectivity index (χ3v) is 11.0. The van der Waals surface area contributed by atoms with Crippen LogP contribution in [0.25, 0.3) is 0 Å². The molecule has 2 aliphatic carbocycles. The van der Waals surface area contributed by atoms with Crippen molar-refractivity contribution in [1.82, 2.24) is 10.3 Å². The van der Waals surface area contributed by atoms with E-state index in [4.69, 9.17) is 30.9 Å². The van der Waals surface area contributed by atoms with Gasteiger partial charge in [0.25, 0.3) is 0 Å². The molecule has 0 radical (unpaired) electrons. The van der Waals surface area contributed by atoms with E-state index in [0.717, 1.165) is 23.5 Å². The number of carbonyl (C=O) groups is 2. The number of ether oxygens (including phenoxy) is 2. The lowest BCUT2D eigenvalue weighted by atomic mass is 9.57. The Bertz CT molecular complexity index is 1470. The molecule has 0 unspecified atom stereocenters. The maximum absolute atomic E-state index is 13.9. The molecule has 9 atom stereocenters. The first-order valence-corrected chi connectivity index (χ1v) is 16.0. The predicted octanol–water partition coefficient (Wildman–Crippen LogP) is 3.98. The minimum atomic E-state index is -1.56. The molecule has 232 valence electrons. The highest BCUT2D eigenvalue weighted by atomic mass is 35.5. The summed E-state index contributed by atoms with van der Waals surface area (Å²) in [6.45, 7) is 7.13. The number of carbonyl (C=O) groups excluding carboxylic acids is 2. The van der Waals surface area contributed by atoms with Crippen LogP contribution in [-0.4, -0.2) is 64.3 Å². The summed E-state index contributed by atoms with van der Waals surface area (Å²) in [7, 11) is 1.68. The molecule has 1 saturated carbocycles. The summed E-state index contributed by atoms with van der Waals surface area (Å²) in [5, 5.41) is 32.4. The summed E-state index contributed by atoms with van der Waals surface area (Å²) < 4.78 is 11.9. The molecule has 3 heterocycles. The Balaban J connectivity index is 1.33. The van der Waals surface area contributed by atoms with Gasteiger partial charge in [0, 0.05) is 43.2 Å². The fourth-order valence-corrected chi connectivity index (χ4v) is 8.57. The van der Waals surface area contributed by atoms with Crippen molar-refractivity contribution < 1.29 is 34.1 Å². The maximum Gasteiger partial charge on any atom is 0.323 e. The van der Waals surface area contributed by atoms with Crippen molar-refractivity contribution in [2.24, 2.45) is 11.8 Å². The Morgan fingerprint density at radius 3 is 2.74 bits per heavy atom. The van der Waals surface area contributed by atoms with Gasteiger partial charge in [0.15, 0.2) is 18.4 Å². The number of aliphatic hydroxyl groups is 2. The first-order chi connectivity index (χ1) is 20.4. The van der Waals surface area contributed by atoms with Crippen molar-refractivity contribution >= 4 is 40.6 Å². The second-order valence-corrected chi connectivity index (χ2v) is 13.6. The van der Waals surface area contributed by atoms with E-state index in [0.29, 0.717) is 28.3 Å². The van der Waals surface area contributed by atoms with Crippen LogP contribution in [0.2, 0.25) is 5.02 Å². The first kappa shape index (κ1) is 30.5. The zero-order valence-electron chi connectivity index (χ0n) is 24.9. The van der Waals surface area contributed by atoms with E-state index in [-0.39, 0.29) is 18.3 Å². The summed E-state index contributed by atoms with van der Waals surface area (Å²) in [5.41, 5.74) is -0.416. The van der Waals surface area contributed by atoms with Crippen molar-refractivity contribution in [2.45, 2.75) is 95.0 Å². The minimum Gasteiger partial charge on any atom is -0.454 e. The van der Waals surface area contributed by atoms with Gasteiger partial charge in [-0.1, -0.05) is 43.7 Å². The number of hydrogen-bond donors (Lipinski definition) is 3. The van der Waals surface area contributed by atoms with Crippen LogP contribution in [0.4, 0.5) is 5.69 Å². The normalized spacial score (nSPS) is 36.7. The number of esters is 2. The number of hydroxylamine groups is 1. The number of thiazole rings is 1. The Labute approximate surface area is 259 Å². The van der Waals surface area contributed by atoms with Gasteiger partial charge in [-0.2, -0.15) is 0 Å². The van der Waals surface area contributed by atoms with E-state index in [1.807, 2.05) is 25.3 Å². The molecular weight excluding hydrogens is 594 g/mol. The quantitative estimate of drug-likeness (QED) is 0.329. The molecule has 43 heavy (non-hydrogen) atoms. The molecule has 1 aromatic heterocycles. The standard InChI is InChI=1S/C31H38ClN3O7S/c1-6-24-33-23(14-43-24)18-11-10-16(3)31(39)20(18)12-15(2)26(40-17(4)36)27(31)41-28(37)22-13-30(38)19-8-7-9-21(32)25(19)35(5)42-29(30)34-22/h7-9,12,14,16,18,20,22,26-27,29,34,38-39H,6,10-11,13H2,1-5H3/t16-,18-,20+,22+,26-,27+,29-,30-,31-/m1/s1. The van der Waals surface area contributed by atoms with E-state index < -0.39 is 53.5 Å². The largest absolute Gasteiger partial charge is 0.454 e. The number of nitrogens with zero attached hydrogens (tertiary/aromatic N) is 2. The molecular formula is C31H38ClN3O7S. The predicted molar refractivity (Wildman–Crippen MR) is 160 cm³/mol. The van der Waals surface area contributed by atoms with Gasteiger partial charge in [0.2, 0.25) is 0 Å². The van der Waals surface area contributed by atoms with Crippen LogP contribution in [0.15, 0.2) is 35.2 Å². The highest BCUT2D eigenvalue weighted by Gasteiger charge is 2.62. The van der Waals surface area contributed by atoms with Gasteiger partial charge in [-0.05, 0) is 43.7 Å². The summed E-state index contributed by atoms with van der Waals surface area (Å²) in [5.74, 6) is -2.00. The zero-order valence-corrected chi connectivity index (χ0v) is 26.4. The van der Waals surface area contributed by atoms with Gasteiger partial charge >= 0.3 is 11.9 Å². The Kier molecular flexibility index (Phi) is 7.88. The molecule has 3 N–H and O–H groups in total. The van der Waals surface area contributed by atoms with Crippen LogP contribution in [-0.2, 0) is 35.9 Å². The number of benzene rings is 1. The van der Waals surface area contributed by atoms with Gasteiger partial charge in [-0.15, -0.1) is 11.3 Å². The van der Waals surface area contributed by atoms with Crippen molar-refractivity contribution in [1.29, 1.82) is 0 Å². The van der Waals surface area contributed by atoms with Crippen molar-refractivity contribution in [2.75, 3.05) is 12.1 Å². The van der Waals surface area contributed by atoms with E-state index >= 15 is 0 Å². The van der Waals surface area contributed by atoms with Crippen LogP contribution in [0, 0.1) is 11.8 Å². The molecule has 12 heteroatoms. The molecule has 1 saturated heterocycles. The first-order valence-electron chi connectivity index (χ1n) is 14.8. The molecule has 2 aliphatic heterocycles. The van der Waals surface area contributed by atoms with E-state index in [2.05, 4.69) is 12.2 Å². The molecule has 1 aromatic carbocycles. The van der Waals surface area contributed by atoms with Crippen LogP contribution in [0.3, 0.4) is 0 Å². The third kappa shape index (κ3) is 4.89. The Morgan fingerprint density at radius 1 is 1.28 bits per heavy atom. The molecule has 2 fully saturated rings. The van der Waals surface area contributed by atoms with Gasteiger partial charge in [0.1, 0.15) is 17.2 Å². The topological polar surface area (TPSA) is 130 Å². The van der Waals surface area contributed by atoms with Gasteiger partial charge in [0.05, 0.1) is 21.4 Å². The Morgan fingerprint density at radius 2 is 2.05 bits per heavy atom. The van der Waals surface area contributed by atoms with Crippen LogP contribution < -0.4 is 10.4 Å². The summed E-state index contributed by atoms with van der Waals surface area (Å²) in [6.07, 6.45) is 1.15. The van der Waals surface area contributed by atoms with Crippen molar-refractivity contribution in [3.8, 4) is 0 Å². The van der Waals surface area contributed by atoms with Crippen LogP contribution >= 0.6 is 22.9 Å². The summed E-state index contributed by atoms with van der Waals surface area (Å²) in [4.78, 5) is 37.0. The number of halogens is 1. The Hall–Kier alpha value is -2.54. The number of hydrogen-bond acceptors (Lipinski definition) is 11. The molecule has 0 bridgehead atoms. The number of aryl methyl sites for hydroxylation is 1.